The number of amides is 1. The van der Waals surface area contributed by atoms with E-state index in [4.69, 9.17) is 10.1 Å². The Morgan fingerprint density at radius 2 is 1.65 bits per heavy atom. The Bertz CT molecular complexity index is 1600. The van der Waals surface area contributed by atoms with Crippen LogP contribution in [0.25, 0.3) is 16.5 Å². The largest absolute Gasteiger partial charge is 0.378 e. The van der Waals surface area contributed by atoms with Gasteiger partial charge in [0, 0.05) is 30.6 Å². The minimum atomic E-state index is -3.61. The zero-order valence-corrected chi connectivity index (χ0v) is 21.4. The lowest BCUT2D eigenvalue weighted by molar-refractivity contribution is 0.0680. The molecule has 0 spiro atoms. The molecule has 37 heavy (non-hydrogen) atoms. The fraction of sp³-hybridized carbons (Fsp3) is 0.222. The number of nitrogens with one attached hydrogen (secondary N) is 2. The molecule has 1 aliphatic rings. The average molecular weight is 518 g/mol. The Morgan fingerprint density at radius 1 is 1.00 bits per heavy atom. The van der Waals surface area contributed by atoms with Crippen molar-refractivity contribution in [3.05, 3.63) is 83.7 Å². The van der Waals surface area contributed by atoms with Gasteiger partial charge in [0.05, 0.1) is 29.5 Å². The number of amidine groups is 1. The molecule has 0 bridgehead atoms. The van der Waals surface area contributed by atoms with E-state index in [2.05, 4.69) is 10.4 Å². The van der Waals surface area contributed by atoms with Crippen LogP contribution in [-0.4, -0.2) is 67.4 Å². The summed E-state index contributed by atoms with van der Waals surface area (Å²) in [5.41, 5.74) is 2.40. The van der Waals surface area contributed by atoms with Crippen molar-refractivity contribution < 1.29 is 17.9 Å². The summed E-state index contributed by atoms with van der Waals surface area (Å²) in [5.74, 6) is -0.0105. The molecule has 0 saturated carbocycles. The maximum Gasteiger partial charge on any atom is 0.274 e. The lowest BCUT2D eigenvalue weighted by Gasteiger charge is -2.29. The van der Waals surface area contributed by atoms with Crippen LogP contribution < -0.4 is 5.32 Å². The SMILES string of the molecule is Cc1cc(C(=O)Nc2ccc(C(=N)N3CCOCC3)cc2)n(-c2cc3ccccc3cc2S(C)(=O)=O)n1. The highest BCUT2D eigenvalue weighted by Gasteiger charge is 2.22. The zero-order valence-electron chi connectivity index (χ0n) is 20.6. The second kappa shape index (κ2) is 9.79. The van der Waals surface area contributed by atoms with Crippen molar-refractivity contribution in [2.45, 2.75) is 11.8 Å². The Kier molecular flexibility index (Phi) is 6.53. The molecule has 5 rings (SSSR count). The number of carbonyl (C=O) groups is 1. The molecule has 0 radical (unpaired) electrons. The summed E-state index contributed by atoms with van der Waals surface area (Å²) in [6.07, 6.45) is 1.15. The molecule has 0 unspecified atom stereocenters. The third-order valence-corrected chi connectivity index (χ3v) is 7.39. The average Bonchev–Trinajstić information content (AvgIpc) is 3.29. The Morgan fingerprint density at radius 3 is 2.30 bits per heavy atom. The van der Waals surface area contributed by atoms with E-state index in [0.717, 1.165) is 22.6 Å². The first kappa shape index (κ1) is 24.7. The molecule has 1 amide bonds. The smallest absolute Gasteiger partial charge is 0.274 e. The Labute approximate surface area is 215 Å². The lowest BCUT2D eigenvalue weighted by atomic mass is 10.1. The molecule has 2 N–H and O–H groups in total. The quantitative estimate of drug-likeness (QED) is 0.308. The molecule has 1 saturated heterocycles. The van der Waals surface area contributed by atoms with Crippen LogP contribution in [0.3, 0.4) is 0 Å². The van der Waals surface area contributed by atoms with Gasteiger partial charge in [-0.3, -0.25) is 10.2 Å². The van der Waals surface area contributed by atoms with Gasteiger partial charge in [-0.25, -0.2) is 13.1 Å². The molecule has 4 aromatic rings. The number of anilines is 1. The molecular weight excluding hydrogens is 490 g/mol. The monoisotopic (exact) mass is 517 g/mol. The number of aromatic nitrogens is 2. The number of morpholine rings is 1. The number of rotatable bonds is 5. The van der Waals surface area contributed by atoms with E-state index in [9.17, 15) is 13.2 Å². The summed E-state index contributed by atoms with van der Waals surface area (Å²) in [6.45, 7) is 4.29. The van der Waals surface area contributed by atoms with Gasteiger partial charge in [-0.15, -0.1) is 0 Å². The topological polar surface area (TPSA) is 117 Å². The van der Waals surface area contributed by atoms with Crippen LogP contribution in [0.1, 0.15) is 21.7 Å². The molecule has 9 nitrogen and oxygen atoms in total. The second-order valence-electron chi connectivity index (χ2n) is 9.00. The summed E-state index contributed by atoms with van der Waals surface area (Å²) in [4.78, 5) is 15.4. The maximum absolute atomic E-state index is 13.3. The van der Waals surface area contributed by atoms with Crippen LogP contribution in [0, 0.1) is 12.3 Å². The molecule has 1 aliphatic heterocycles. The van der Waals surface area contributed by atoms with Crippen molar-refractivity contribution in [2.75, 3.05) is 37.9 Å². The zero-order chi connectivity index (χ0) is 26.2. The molecule has 1 aromatic heterocycles. The Hall–Kier alpha value is -4.02. The standard InChI is InChI=1S/C27H27N5O4S/c1-18-15-24(27(33)29-22-9-7-19(8-10-22)26(28)31-11-13-36-14-12-31)32(30-18)23-16-20-5-3-4-6-21(20)17-25(23)37(2,34)35/h3-10,15-17,28H,11-14H2,1-2H3,(H,29,33). The minimum Gasteiger partial charge on any atom is -0.378 e. The number of nitrogens with zero attached hydrogens (tertiary/aromatic N) is 3. The van der Waals surface area contributed by atoms with E-state index in [-0.39, 0.29) is 10.6 Å². The number of hydrogen-bond donors (Lipinski definition) is 2. The molecule has 3 aromatic carbocycles. The first-order valence-corrected chi connectivity index (χ1v) is 13.7. The highest BCUT2D eigenvalue weighted by Crippen LogP contribution is 2.28. The van der Waals surface area contributed by atoms with Gasteiger partial charge in [0.15, 0.2) is 9.84 Å². The van der Waals surface area contributed by atoms with Crippen LogP contribution in [0.2, 0.25) is 0 Å². The number of benzene rings is 3. The molecule has 190 valence electrons. The van der Waals surface area contributed by atoms with Gasteiger partial charge in [-0.05, 0) is 60.2 Å². The van der Waals surface area contributed by atoms with Crippen LogP contribution >= 0.6 is 0 Å². The van der Waals surface area contributed by atoms with Crippen LogP contribution in [0.15, 0.2) is 71.6 Å². The van der Waals surface area contributed by atoms with E-state index in [1.54, 1.807) is 49.4 Å². The third kappa shape index (κ3) is 5.11. The fourth-order valence-electron chi connectivity index (χ4n) is 4.39. The second-order valence-corrected chi connectivity index (χ2v) is 11.0. The molecule has 2 heterocycles. The maximum atomic E-state index is 13.3. The first-order chi connectivity index (χ1) is 17.7. The fourth-order valence-corrected chi connectivity index (χ4v) is 5.26. The van der Waals surface area contributed by atoms with E-state index >= 15 is 0 Å². The highest BCUT2D eigenvalue weighted by atomic mass is 32.2. The first-order valence-electron chi connectivity index (χ1n) is 11.8. The summed E-state index contributed by atoms with van der Waals surface area (Å²) >= 11 is 0. The highest BCUT2D eigenvalue weighted by molar-refractivity contribution is 7.90. The minimum absolute atomic E-state index is 0.0920. The molecule has 0 atom stereocenters. The number of aryl methyl sites for hydroxylation is 1. The van der Waals surface area contributed by atoms with Crippen molar-refractivity contribution in [1.82, 2.24) is 14.7 Å². The third-order valence-electron chi connectivity index (χ3n) is 6.26. The van der Waals surface area contributed by atoms with Crippen molar-refractivity contribution in [3.63, 3.8) is 0 Å². The van der Waals surface area contributed by atoms with Crippen molar-refractivity contribution in [1.29, 1.82) is 5.41 Å². The van der Waals surface area contributed by atoms with Gasteiger partial charge in [-0.2, -0.15) is 5.10 Å². The molecule has 0 aliphatic carbocycles. The predicted octanol–water partition coefficient (Wildman–Crippen LogP) is 3.65. The van der Waals surface area contributed by atoms with Crippen molar-refractivity contribution >= 4 is 38.0 Å². The van der Waals surface area contributed by atoms with E-state index in [1.807, 2.05) is 29.2 Å². The van der Waals surface area contributed by atoms with Crippen LogP contribution in [0.4, 0.5) is 5.69 Å². The van der Waals surface area contributed by atoms with Gasteiger partial charge in [0.1, 0.15) is 11.5 Å². The number of sulfone groups is 1. The van der Waals surface area contributed by atoms with Crippen molar-refractivity contribution in [3.8, 4) is 5.69 Å². The molecule has 10 heteroatoms. The van der Waals surface area contributed by atoms with Crippen LogP contribution in [0.5, 0.6) is 0 Å². The van der Waals surface area contributed by atoms with Gasteiger partial charge in [0.25, 0.3) is 5.91 Å². The number of hydrogen-bond acceptors (Lipinski definition) is 6. The van der Waals surface area contributed by atoms with E-state index in [1.165, 1.54) is 4.68 Å². The van der Waals surface area contributed by atoms with Gasteiger partial charge < -0.3 is 15.0 Å². The van der Waals surface area contributed by atoms with Crippen molar-refractivity contribution in [2.24, 2.45) is 0 Å². The number of ether oxygens (including phenoxy) is 1. The summed E-state index contributed by atoms with van der Waals surface area (Å²) < 4.78 is 32.1. The van der Waals surface area contributed by atoms with E-state index in [0.29, 0.717) is 49.2 Å². The lowest BCUT2D eigenvalue weighted by Crippen LogP contribution is -2.40. The van der Waals surface area contributed by atoms with E-state index < -0.39 is 15.7 Å². The van der Waals surface area contributed by atoms with Gasteiger partial charge in [-0.1, -0.05) is 24.3 Å². The number of fused-ring (bicyclic) bond motifs is 1. The number of carbonyl (C=O) groups excluding carboxylic acids is 1. The summed E-state index contributed by atoms with van der Waals surface area (Å²) in [7, 11) is -3.61. The normalized spacial score (nSPS) is 14.1. The van der Waals surface area contributed by atoms with Gasteiger partial charge >= 0.3 is 0 Å². The summed E-state index contributed by atoms with van der Waals surface area (Å²) in [5, 5.41) is 17.4. The summed E-state index contributed by atoms with van der Waals surface area (Å²) in [6, 6.07) is 19.5. The molecular formula is C27H27N5O4S. The molecule has 1 fully saturated rings. The predicted molar refractivity (Wildman–Crippen MR) is 143 cm³/mol. The van der Waals surface area contributed by atoms with Gasteiger partial charge in [0.2, 0.25) is 0 Å². The van der Waals surface area contributed by atoms with Crippen LogP contribution in [-0.2, 0) is 14.6 Å². The Balaban J connectivity index is 1.45.